The highest BCUT2D eigenvalue weighted by Gasteiger charge is 2.35. The molecule has 150 valence electrons. The zero-order valence-electron chi connectivity index (χ0n) is 16.8. The average molecular weight is 383 g/mol. The van der Waals surface area contributed by atoms with Crippen molar-refractivity contribution < 1.29 is 9.47 Å². The van der Waals surface area contributed by atoms with Crippen LogP contribution >= 0.6 is 0 Å². The number of rotatable bonds is 4. The molecule has 0 radical (unpaired) electrons. The molecule has 0 bridgehead atoms. The van der Waals surface area contributed by atoms with Crippen molar-refractivity contribution in [1.29, 1.82) is 0 Å². The Morgan fingerprint density at radius 2 is 1.57 bits per heavy atom. The van der Waals surface area contributed by atoms with Gasteiger partial charge in [0.2, 0.25) is 11.9 Å². The van der Waals surface area contributed by atoms with E-state index in [0.717, 1.165) is 31.1 Å². The third-order valence-corrected chi connectivity index (χ3v) is 5.60. The zero-order valence-corrected chi connectivity index (χ0v) is 16.8. The number of methoxy groups -OCH3 is 1. The van der Waals surface area contributed by atoms with Gasteiger partial charge < -0.3 is 19.3 Å². The molecule has 3 heterocycles. The van der Waals surface area contributed by atoms with Gasteiger partial charge in [0, 0.05) is 19.6 Å². The van der Waals surface area contributed by atoms with E-state index in [1.54, 1.807) is 7.11 Å². The van der Waals surface area contributed by atoms with Crippen LogP contribution in [-0.2, 0) is 10.3 Å². The second-order valence-corrected chi connectivity index (χ2v) is 7.69. The fraction of sp³-hybridized carbons (Fsp3) is 0.571. The normalized spacial score (nSPS) is 23.4. The van der Waals surface area contributed by atoms with Crippen LogP contribution in [0.4, 0.5) is 11.9 Å². The first kappa shape index (κ1) is 18.9. The number of hydrogen-bond donors (Lipinski definition) is 0. The number of morpholine rings is 1. The molecule has 7 heteroatoms. The number of aromatic nitrogens is 3. The fourth-order valence-corrected chi connectivity index (χ4v) is 3.99. The fourth-order valence-electron chi connectivity index (χ4n) is 3.99. The SMILES string of the molecule is COc1nc(N2CCCCCC2)nc(N2CCOC(C)(c3ccccc3)C2)n1. The maximum Gasteiger partial charge on any atom is 0.322 e. The van der Waals surface area contributed by atoms with E-state index in [9.17, 15) is 0 Å². The minimum atomic E-state index is -0.401. The van der Waals surface area contributed by atoms with Crippen LogP contribution in [0.2, 0.25) is 0 Å². The number of benzene rings is 1. The Kier molecular flexibility index (Phi) is 5.62. The Labute approximate surface area is 166 Å². The van der Waals surface area contributed by atoms with E-state index < -0.39 is 5.60 Å². The Bertz CT molecular complexity index is 780. The summed E-state index contributed by atoms with van der Waals surface area (Å²) in [5, 5.41) is 0. The second-order valence-electron chi connectivity index (χ2n) is 7.69. The van der Waals surface area contributed by atoms with Crippen LogP contribution < -0.4 is 14.5 Å². The van der Waals surface area contributed by atoms with Crippen LogP contribution in [0.3, 0.4) is 0 Å². The Balaban J connectivity index is 1.61. The molecule has 2 aliphatic rings. The molecule has 0 aliphatic carbocycles. The highest BCUT2D eigenvalue weighted by molar-refractivity contribution is 5.42. The monoisotopic (exact) mass is 383 g/mol. The lowest BCUT2D eigenvalue weighted by molar-refractivity contribution is -0.0470. The van der Waals surface area contributed by atoms with Gasteiger partial charge in [-0.25, -0.2) is 0 Å². The first-order valence-corrected chi connectivity index (χ1v) is 10.2. The minimum absolute atomic E-state index is 0.372. The van der Waals surface area contributed by atoms with Crippen molar-refractivity contribution in [3.8, 4) is 6.01 Å². The number of anilines is 2. The first-order valence-electron chi connectivity index (χ1n) is 10.2. The third-order valence-electron chi connectivity index (χ3n) is 5.60. The molecule has 0 saturated carbocycles. The van der Waals surface area contributed by atoms with Crippen molar-refractivity contribution in [1.82, 2.24) is 15.0 Å². The van der Waals surface area contributed by atoms with Gasteiger partial charge in [-0.3, -0.25) is 0 Å². The van der Waals surface area contributed by atoms with Gasteiger partial charge in [0.15, 0.2) is 0 Å². The summed E-state index contributed by atoms with van der Waals surface area (Å²) in [6.07, 6.45) is 4.88. The van der Waals surface area contributed by atoms with E-state index in [0.29, 0.717) is 25.1 Å². The van der Waals surface area contributed by atoms with Gasteiger partial charge in [-0.05, 0) is 25.3 Å². The molecule has 0 spiro atoms. The molecule has 1 aromatic heterocycles. The molecule has 4 rings (SSSR count). The van der Waals surface area contributed by atoms with Crippen molar-refractivity contribution in [2.75, 3.05) is 49.7 Å². The summed E-state index contributed by atoms with van der Waals surface area (Å²) >= 11 is 0. The lowest BCUT2D eigenvalue weighted by Crippen LogP contribution is -2.49. The van der Waals surface area contributed by atoms with Gasteiger partial charge in [-0.15, -0.1) is 0 Å². The van der Waals surface area contributed by atoms with Crippen LogP contribution in [0.1, 0.15) is 38.2 Å². The number of ether oxygens (including phenoxy) is 2. The van der Waals surface area contributed by atoms with Crippen LogP contribution in [0.25, 0.3) is 0 Å². The lowest BCUT2D eigenvalue weighted by Gasteiger charge is -2.41. The lowest BCUT2D eigenvalue weighted by atomic mass is 9.94. The van der Waals surface area contributed by atoms with Crippen LogP contribution in [0.5, 0.6) is 6.01 Å². The largest absolute Gasteiger partial charge is 0.467 e. The van der Waals surface area contributed by atoms with Gasteiger partial charge in [-0.1, -0.05) is 43.2 Å². The molecule has 0 amide bonds. The summed E-state index contributed by atoms with van der Waals surface area (Å²) in [6, 6.07) is 10.7. The van der Waals surface area contributed by atoms with E-state index in [4.69, 9.17) is 14.5 Å². The topological polar surface area (TPSA) is 63.6 Å². The van der Waals surface area contributed by atoms with Crippen molar-refractivity contribution in [2.24, 2.45) is 0 Å². The quantitative estimate of drug-likeness (QED) is 0.804. The summed E-state index contributed by atoms with van der Waals surface area (Å²) in [5.74, 6) is 1.38. The summed E-state index contributed by atoms with van der Waals surface area (Å²) < 4.78 is 11.6. The van der Waals surface area contributed by atoms with Crippen molar-refractivity contribution in [3.63, 3.8) is 0 Å². The first-order chi connectivity index (χ1) is 13.7. The summed E-state index contributed by atoms with van der Waals surface area (Å²) in [4.78, 5) is 18.4. The molecule has 2 aliphatic heterocycles. The smallest absolute Gasteiger partial charge is 0.322 e. The highest BCUT2D eigenvalue weighted by Crippen LogP contribution is 2.31. The number of nitrogens with zero attached hydrogens (tertiary/aromatic N) is 5. The van der Waals surface area contributed by atoms with Gasteiger partial charge in [0.1, 0.15) is 5.60 Å². The average Bonchev–Trinajstić information content (AvgIpc) is 3.04. The van der Waals surface area contributed by atoms with Gasteiger partial charge in [0.25, 0.3) is 0 Å². The molecular formula is C21H29N5O2. The summed E-state index contributed by atoms with van der Waals surface area (Å²) in [6.45, 7) is 6.15. The molecular weight excluding hydrogens is 354 g/mol. The molecule has 2 aromatic rings. The van der Waals surface area contributed by atoms with Crippen molar-refractivity contribution in [2.45, 2.75) is 38.2 Å². The van der Waals surface area contributed by atoms with Crippen LogP contribution in [0, 0.1) is 0 Å². The predicted octanol–water partition coefficient (Wildman–Crippen LogP) is 3.01. The Morgan fingerprint density at radius 1 is 0.893 bits per heavy atom. The molecule has 2 fully saturated rings. The summed E-state index contributed by atoms with van der Waals surface area (Å²) in [5.41, 5.74) is 0.760. The van der Waals surface area contributed by atoms with Crippen LogP contribution in [-0.4, -0.2) is 54.8 Å². The van der Waals surface area contributed by atoms with E-state index in [1.807, 2.05) is 18.2 Å². The van der Waals surface area contributed by atoms with Gasteiger partial charge in [0.05, 0.1) is 20.3 Å². The molecule has 0 N–H and O–H groups in total. The molecule has 1 atom stereocenters. The van der Waals surface area contributed by atoms with Crippen LogP contribution in [0.15, 0.2) is 30.3 Å². The standard InChI is InChI=1S/C21H29N5O2/c1-21(17-10-6-5-7-11-17)16-26(14-15-28-21)19-22-18(23-20(24-19)27-2)25-12-8-3-4-9-13-25/h5-7,10-11H,3-4,8-9,12-16H2,1-2H3. The Hall–Kier alpha value is -2.41. The molecule has 1 unspecified atom stereocenters. The third kappa shape index (κ3) is 4.04. The zero-order chi connectivity index (χ0) is 19.4. The number of hydrogen-bond acceptors (Lipinski definition) is 7. The maximum absolute atomic E-state index is 6.17. The van der Waals surface area contributed by atoms with Gasteiger partial charge >= 0.3 is 6.01 Å². The van der Waals surface area contributed by atoms with E-state index in [-0.39, 0.29) is 0 Å². The van der Waals surface area contributed by atoms with E-state index >= 15 is 0 Å². The molecule has 28 heavy (non-hydrogen) atoms. The highest BCUT2D eigenvalue weighted by atomic mass is 16.5. The van der Waals surface area contributed by atoms with Crippen molar-refractivity contribution in [3.05, 3.63) is 35.9 Å². The van der Waals surface area contributed by atoms with E-state index in [2.05, 4.69) is 38.8 Å². The molecule has 7 nitrogen and oxygen atoms in total. The van der Waals surface area contributed by atoms with E-state index in [1.165, 1.54) is 25.7 Å². The second kappa shape index (κ2) is 8.31. The molecule has 1 aromatic carbocycles. The molecule has 2 saturated heterocycles. The van der Waals surface area contributed by atoms with Gasteiger partial charge in [-0.2, -0.15) is 15.0 Å². The Morgan fingerprint density at radius 3 is 2.25 bits per heavy atom. The minimum Gasteiger partial charge on any atom is -0.467 e. The van der Waals surface area contributed by atoms with Crippen molar-refractivity contribution >= 4 is 11.9 Å². The predicted molar refractivity (Wildman–Crippen MR) is 109 cm³/mol. The summed E-state index contributed by atoms with van der Waals surface area (Å²) in [7, 11) is 1.61. The maximum atomic E-state index is 6.17.